The zero-order chi connectivity index (χ0) is 13.6. The van der Waals surface area contributed by atoms with Gasteiger partial charge in [0.25, 0.3) is 10.2 Å². The molecule has 2 aliphatic rings. The van der Waals surface area contributed by atoms with E-state index >= 15 is 0 Å². The van der Waals surface area contributed by atoms with E-state index in [0.29, 0.717) is 38.0 Å². The summed E-state index contributed by atoms with van der Waals surface area (Å²) in [5.41, 5.74) is 5.83. The van der Waals surface area contributed by atoms with Gasteiger partial charge in [0, 0.05) is 31.7 Å². The Balaban J connectivity index is 2.01. The summed E-state index contributed by atoms with van der Waals surface area (Å²) in [5, 5.41) is 0. The second-order valence-corrected chi connectivity index (χ2v) is 8.20. The van der Waals surface area contributed by atoms with Gasteiger partial charge in [0.1, 0.15) is 0 Å². The largest absolute Gasteiger partial charge is 0.323 e. The van der Waals surface area contributed by atoms with Crippen molar-refractivity contribution in [2.45, 2.75) is 39.2 Å². The van der Waals surface area contributed by atoms with Gasteiger partial charge in [-0.3, -0.25) is 0 Å². The van der Waals surface area contributed by atoms with Crippen LogP contribution in [0, 0.1) is 11.8 Å². The molecule has 1 unspecified atom stereocenters. The highest BCUT2D eigenvalue weighted by Crippen LogP contribution is 2.31. The van der Waals surface area contributed by atoms with E-state index < -0.39 is 10.2 Å². The van der Waals surface area contributed by atoms with Crippen LogP contribution in [0.4, 0.5) is 0 Å². The summed E-state index contributed by atoms with van der Waals surface area (Å²) in [7, 11) is -3.28. The average molecular weight is 275 g/mol. The van der Waals surface area contributed by atoms with Crippen LogP contribution in [0.3, 0.4) is 0 Å². The van der Waals surface area contributed by atoms with E-state index in [1.807, 2.05) is 13.8 Å². The first-order chi connectivity index (χ1) is 8.25. The summed E-state index contributed by atoms with van der Waals surface area (Å²) < 4.78 is 28.0. The fourth-order valence-electron chi connectivity index (χ4n) is 2.66. The molecule has 2 rings (SSSR count). The topological polar surface area (TPSA) is 66.6 Å². The van der Waals surface area contributed by atoms with Crippen molar-refractivity contribution >= 4 is 10.2 Å². The molecule has 0 aromatic rings. The van der Waals surface area contributed by atoms with Crippen molar-refractivity contribution < 1.29 is 8.42 Å². The summed E-state index contributed by atoms with van der Waals surface area (Å²) in [6, 6.07) is 0. The molecule has 6 heteroatoms. The van der Waals surface area contributed by atoms with E-state index in [9.17, 15) is 8.42 Å². The van der Waals surface area contributed by atoms with Crippen LogP contribution in [-0.4, -0.2) is 48.7 Å². The first kappa shape index (κ1) is 14.2. The van der Waals surface area contributed by atoms with Crippen LogP contribution in [-0.2, 0) is 10.2 Å². The Morgan fingerprint density at radius 1 is 1.28 bits per heavy atom. The molecular formula is C12H25N3O2S. The van der Waals surface area contributed by atoms with Crippen molar-refractivity contribution in [2.75, 3.05) is 26.2 Å². The maximum absolute atomic E-state index is 12.4. The summed E-state index contributed by atoms with van der Waals surface area (Å²) >= 11 is 0. The molecule has 0 radical (unpaired) electrons. The van der Waals surface area contributed by atoms with Crippen LogP contribution in [0.15, 0.2) is 0 Å². The minimum Gasteiger partial charge on any atom is -0.323 e. The van der Waals surface area contributed by atoms with Gasteiger partial charge in [0.15, 0.2) is 0 Å². The molecule has 5 nitrogen and oxygen atoms in total. The SMILES string of the molecule is CC1CCCN(S(=O)(=O)N2CC(N)(C(C)C)C2)C1. The van der Waals surface area contributed by atoms with Crippen LogP contribution in [0.2, 0.25) is 0 Å². The third-order valence-corrected chi connectivity index (χ3v) is 6.26. The smallest absolute Gasteiger partial charge is 0.282 e. The van der Waals surface area contributed by atoms with Gasteiger partial charge in [0.05, 0.1) is 0 Å². The fourth-order valence-corrected chi connectivity index (χ4v) is 4.59. The van der Waals surface area contributed by atoms with Crippen LogP contribution in [0.25, 0.3) is 0 Å². The molecule has 0 aromatic carbocycles. The molecule has 0 bridgehead atoms. The normalized spacial score (nSPS) is 30.4. The monoisotopic (exact) mass is 275 g/mol. The number of hydrogen-bond donors (Lipinski definition) is 1. The maximum Gasteiger partial charge on any atom is 0.282 e. The summed E-state index contributed by atoms with van der Waals surface area (Å²) in [5.74, 6) is 0.770. The molecule has 0 aromatic heterocycles. The maximum atomic E-state index is 12.4. The number of piperidine rings is 1. The van der Waals surface area contributed by atoms with Crippen molar-refractivity contribution in [1.29, 1.82) is 0 Å². The van der Waals surface area contributed by atoms with Crippen molar-refractivity contribution in [3.8, 4) is 0 Å². The van der Waals surface area contributed by atoms with E-state index in [-0.39, 0.29) is 5.54 Å². The molecule has 0 amide bonds. The summed E-state index contributed by atoms with van der Waals surface area (Å²) in [6.07, 6.45) is 2.09. The van der Waals surface area contributed by atoms with Crippen LogP contribution in [0.5, 0.6) is 0 Å². The Labute approximate surface area is 110 Å². The van der Waals surface area contributed by atoms with Gasteiger partial charge in [-0.1, -0.05) is 20.8 Å². The standard InChI is InChI=1S/C12H25N3O2S/c1-10(2)12(13)8-15(9-12)18(16,17)14-6-4-5-11(3)7-14/h10-11H,4-9,13H2,1-3H3. The lowest BCUT2D eigenvalue weighted by Gasteiger charge is -2.50. The fraction of sp³-hybridized carbons (Fsp3) is 1.00. The second kappa shape index (κ2) is 4.74. The number of hydrogen-bond acceptors (Lipinski definition) is 3. The van der Waals surface area contributed by atoms with E-state index in [2.05, 4.69) is 6.92 Å². The molecule has 18 heavy (non-hydrogen) atoms. The third kappa shape index (κ3) is 2.43. The van der Waals surface area contributed by atoms with Crippen LogP contribution in [0.1, 0.15) is 33.6 Å². The molecule has 0 spiro atoms. The molecular weight excluding hydrogens is 250 g/mol. The van der Waals surface area contributed by atoms with Crippen LogP contribution < -0.4 is 5.73 Å². The Bertz CT molecular complexity index is 402. The van der Waals surface area contributed by atoms with Crippen molar-refractivity contribution in [3.63, 3.8) is 0 Å². The molecule has 2 fully saturated rings. The molecule has 1 atom stereocenters. The molecule has 2 N–H and O–H groups in total. The number of rotatable bonds is 3. The molecule has 0 saturated carbocycles. The van der Waals surface area contributed by atoms with E-state index in [0.717, 1.165) is 12.8 Å². The Hall–Kier alpha value is -0.170. The van der Waals surface area contributed by atoms with Gasteiger partial charge >= 0.3 is 0 Å². The molecule has 106 valence electrons. The Morgan fingerprint density at radius 2 is 1.89 bits per heavy atom. The lowest BCUT2D eigenvalue weighted by Crippen LogP contribution is -2.72. The van der Waals surface area contributed by atoms with Gasteiger partial charge in [-0.05, 0) is 24.7 Å². The average Bonchev–Trinajstić information content (AvgIpc) is 2.24. The predicted molar refractivity (Wildman–Crippen MR) is 72.2 cm³/mol. The van der Waals surface area contributed by atoms with Crippen molar-refractivity contribution in [3.05, 3.63) is 0 Å². The Morgan fingerprint density at radius 3 is 2.39 bits per heavy atom. The highest BCUT2D eigenvalue weighted by atomic mass is 32.2. The van der Waals surface area contributed by atoms with Gasteiger partial charge in [0.2, 0.25) is 0 Å². The van der Waals surface area contributed by atoms with Gasteiger partial charge in [-0.25, -0.2) is 0 Å². The van der Waals surface area contributed by atoms with Crippen molar-refractivity contribution in [1.82, 2.24) is 8.61 Å². The summed E-state index contributed by atoms with van der Waals surface area (Å²) in [4.78, 5) is 0. The van der Waals surface area contributed by atoms with E-state index in [4.69, 9.17) is 5.73 Å². The minimum atomic E-state index is -3.28. The number of nitrogens with zero attached hydrogens (tertiary/aromatic N) is 2. The lowest BCUT2D eigenvalue weighted by molar-refractivity contribution is 0.0999. The van der Waals surface area contributed by atoms with E-state index in [1.165, 1.54) is 4.31 Å². The second-order valence-electron chi connectivity index (χ2n) is 6.27. The Kier molecular flexibility index (Phi) is 3.75. The first-order valence-electron chi connectivity index (χ1n) is 6.80. The highest BCUT2D eigenvalue weighted by molar-refractivity contribution is 7.86. The molecule has 2 aliphatic heterocycles. The molecule has 2 saturated heterocycles. The molecule has 0 aliphatic carbocycles. The van der Waals surface area contributed by atoms with E-state index in [1.54, 1.807) is 4.31 Å². The van der Waals surface area contributed by atoms with Gasteiger partial charge < -0.3 is 5.73 Å². The van der Waals surface area contributed by atoms with Crippen LogP contribution >= 0.6 is 0 Å². The predicted octanol–water partition coefficient (Wildman–Crippen LogP) is 0.632. The minimum absolute atomic E-state index is 0.309. The van der Waals surface area contributed by atoms with Crippen molar-refractivity contribution in [2.24, 2.45) is 17.6 Å². The quantitative estimate of drug-likeness (QED) is 0.821. The van der Waals surface area contributed by atoms with Gasteiger partial charge in [-0.2, -0.15) is 17.0 Å². The zero-order valence-corrected chi connectivity index (χ0v) is 12.4. The highest BCUT2D eigenvalue weighted by Gasteiger charge is 2.49. The van der Waals surface area contributed by atoms with Gasteiger partial charge in [-0.15, -0.1) is 0 Å². The summed E-state index contributed by atoms with van der Waals surface area (Å²) in [6.45, 7) is 8.43. The first-order valence-corrected chi connectivity index (χ1v) is 8.19. The number of nitrogens with two attached hydrogens (primary N) is 1. The zero-order valence-electron chi connectivity index (χ0n) is 11.6. The lowest BCUT2D eigenvalue weighted by atomic mass is 9.82. The molecule has 2 heterocycles. The third-order valence-electron chi connectivity index (χ3n) is 4.36.